The van der Waals surface area contributed by atoms with Crippen LogP contribution in [0.3, 0.4) is 0 Å². The molecule has 0 radical (unpaired) electrons. The molecular weight excluding hydrogens is 270 g/mol. The molecule has 2 N–H and O–H groups in total. The number of amides is 1. The van der Waals surface area contributed by atoms with Crippen LogP contribution in [0.2, 0.25) is 0 Å². The van der Waals surface area contributed by atoms with Gasteiger partial charge >= 0.3 is 0 Å². The van der Waals surface area contributed by atoms with E-state index in [1.165, 1.54) is 0 Å². The molecule has 0 saturated carbocycles. The summed E-state index contributed by atoms with van der Waals surface area (Å²) in [5.74, 6) is 1.67. The molecule has 0 aromatic carbocycles. The Balaban J connectivity index is 2.35. The van der Waals surface area contributed by atoms with Crippen LogP contribution in [0.5, 0.6) is 0 Å². The van der Waals surface area contributed by atoms with E-state index >= 15 is 0 Å². The van der Waals surface area contributed by atoms with Gasteiger partial charge in [0.2, 0.25) is 23.8 Å². The van der Waals surface area contributed by atoms with Crippen LogP contribution >= 0.6 is 0 Å². The summed E-state index contributed by atoms with van der Waals surface area (Å²) in [6, 6.07) is -0.207. The molecule has 21 heavy (non-hydrogen) atoms. The fraction of sp³-hybridized carbons (Fsp3) is 0.692. The summed E-state index contributed by atoms with van der Waals surface area (Å²) in [5.41, 5.74) is 0. The lowest BCUT2D eigenvalue weighted by Crippen LogP contribution is -2.43. The molecule has 1 aromatic heterocycles. The third kappa shape index (κ3) is 3.32. The smallest absolute Gasteiger partial charge is 0.242 e. The standard InChI is InChI=1S/C13H23N7O/c1-5-15-11-16-12(19(3)4)18-13(17-11)20-8-6-7-9(20)10(21)14-2/h9H,5-8H2,1-4H3,(H,14,21)(H,15,16,17,18). The number of aromatic nitrogens is 3. The van der Waals surface area contributed by atoms with Crippen molar-refractivity contribution in [3.05, 3.63) is 0 Å². The van der Waals surface area contributed by atoms with Gasteiger partial charge in [-0.3, -0.25) is 4.79 Å². The number of hydrogen-bond acceptors (Lipinski definition) is 7. The Morgan fingerprint density at radius 2 is 2.14 bits per heavy atom. The summed E-state index contributed by atoms with van der Waals surface area (Å²) in [7, 11) is 5.42. The maximum Gasteiger partial charge on any atom is 0.242 e. The average molecular weight is 293 g/mol. The lowest BCUT2D eigenvalue weighted by atomic mass is 10.2. The van der Waals surface area contributed by atoms with E-state index in [1.54, 1.807) is 7.05 Å². The van der Waals surface area contributed by atoms with E-state index in [4.69, 9.17) is 0 Å². The van der Waals surface area contributed by atoms with Gasteiger partial charge in [-0.05, 0) is 19.8 Å². The zero-order valence-electron chi connectivity index (χ0n) is 13.1. The second-order valence-electron chi connectivity index (χ2n) is 5.15. The zero-order valence-corrected chi connectivity index (χ0v) is 13.1. The average Bonchev–Trinajstić information content (AvgIpc) is 2.95. The third-order valence-corrected chi connectivity index (χ3v) is 3.41. The number of likely N-dealkylation sites (N-methyl/N-ethyl adjacent to an activating group) is 1. The number of carbonyl (C=O) groups is 1. The predicted octanol–water partition coefficient (Wildman–Crippen LogP) is 0.0842. The van der Waals surface area contributed by atoms with Crippen LogP contribution in [-0.4, -0.2) is 61.1 Å². The van der Waals surface area contributed by atoms with Gasteiger partial charge in [0, 0.05) is 34.2 Å². The van der Waals surface area contributed by atoms with Gasteiger partial charge in [-0.25, -0.2) is 0 Å². The van der Waals surface area contributed by atoms with Gasteiger partial charge in [0.1, 0.15) is 6.04 Å². The van der Waals surface area contributed by atoms with Crippen LogP contribution in [0.15, 0.2) is 0 Å². The molecule has 1 aliphatic heterocycles. The van der Waals surface area contributed by atoms with Crippen LogP contribution < -0.4 is 20.4 Å². The van der Waals surface area contributed by atoms with Crippen molar-refractivity contribution in [1.82, 2.24) is 20.3 Å². The monoisotopic (exact) mass is 293 g/mol. The van der Waals surface area contributed by atoms with Crippen molar-refractivity contribution in [1.29, 1.82) is 0 Å². The number of nitrogens with one attached hydrogen (secondary N) is 2. The molecule has 1 unspecified atom stereocenters. The number of anilines is 3. The van der Waals surface area contributed by atoms with Crippen molar-refractivity contribution in [3.63, 3.8) is 0 Å². The SMILES string of the molecule is CCNc1nc(N(C)C)nc(N2CCCC2C(=O)NC)n1. The Bertz CT molecular complexity index is 505. The minimum Gasteiger partial charge on any atom is -0.357 e. The normalized spacial score (nSPS) is 17.7. The van der Waals surface area contributed by atoms with E-state index in [9.17, 15) is 4.79 Å². The van der Waals surface area contributed by atoms with Crippen molar-refractivity contribution in [2.24, 2.45) is 0 Å². The minimum atomic E-state index is -0.207. The van der Waals surface area contributed by atoms with E-state index in [2.05, 4.69) is 25.6 Å². The number of carbonyl (C=O) groups excluding carboxylic acids is 1. The Morgan fingerprint density at radius 1 is 1.38 bits per heavy atom. The summed E-state index contributed by atoms with van der Waals surface area (Å²) < 4.78 is 0. The van der Waals surface area contributed by atoms with Gasteiger partial charge in [0.15, 0.2) is 0 Å². The summed E-state index contributed by atoms with van der Waals surface area (Å²) >= 11 is 0. The van der Waals surface area contributed by atoms with E-state index in [1.807, 2.05) is 30.8 Å². The van der Waals surface area contributed by atoms with Crippen LogP contribution in [0.1, 0.15) is 19.8 Å². The van der Waals surface area contributed by atoms with E-state index in [0.717, 1.165) is 25.9 Å². The summed E-state index contributed by atoms with van der Waals surface area (Å²) in [6.07, 6.45) is 1.77. The Morgan fingerprint density at radius 3 is 2.76 bits per heavy atom. The molecule has 1 aliphatic rings. The molecule has 0 spiro atoms. The minimum absolute atomic E-state index is 0.00400. The van der Waals surface area contributed by atoms with Crippen molar-refractivity contribution in [2.75, 3.05) is 49.3 Å². The molecule has 1 fully saturated rings. The molecule has 1 aromatic rings. The van der Waals surface area contributed by atoms with Gasteiger partial charge < -0.3 is 20.4 Å². The second kappa shape index (κ2) is 6.55. The van der Waals surface area contributed by atoms with Crippen LogP contribution in [0.25, 0.3) is 0 Å². The first-order valence-corrected chi connectivity index (χ1v) is 7.22. The lowest BCUT2D eigenvalue weighted by molar-refractivity contribution is -0.121. The maximum atomic E-state index is 12.0. The molecule has 0 aliphatic carbocycles. The first-order valence-electron chi connectivity index (χ1n) is 7.22. The number of hydrogen-bond donors (Lipinski definition) is 2. The van der Waals surface area contributed by atoms with E-state index in [0.29, 0.717) is 17.8 Å². The number of nitrogens with zero attached hydrogens (tertiary/aromatic N) is 5. The molecule has 1 saturated heterocycles. The van der Waals surface area contributed by atoms with Gasteiger partial charge in [-0.1, -0.05) is 0 Å². The van der Waals surface area contributed by atoms with E-state index in [-0.39, 0.29) is 11.9 Å². The largest absolute Gasteiger partial charge is 0.357 e. The Kier molecular flexibility index (Phi) is 4.77. The van der Waals surface area contributed by atoms with Gasteiger partial charge in [0.05, 0.1) is 0 Å². The molecule has 2 heterocycles. The summed E-state index contributed by atoms with van der Waals surface area (Å²) in [5, 5.41) is 5.81. The highest BCUT2D eigenvalue weighted by Crippen LogP contribution is 2.24. The molecule has 2 rings (SSSR count). The van der Waals surface area contributed by atoms with Crippen molar-refractivity contribution in [3.8, 4) is 0 Å². The molecule has 8 nitrogen and oxygen atoms in total. The number of rotatable bonds is 5. The lowest BCUT2D eigenvalue weighted by Gasteiger charge is -2.24. The Hall–Kier alpha value is -2.12. The highest BCUT2D eigenvalue weighted by atomic mass is 16.2. The molecule has 1 atom stereocenters. The van der Waals surface area contributed by atoms with Gasteiger partial charge in [-0.15, -0.1) is 0 Å². The summed E-state index contributed by atoms with van der Waals surface area (Å²) in [4.78, 5) is 29.0. The summed E-state index contributed by atoms with van der Waals surface area (Å²) in [6.45, 7) is 3.50. The highest BCUT2D eigenvalue weighted by molar-refractivity contribution is 5.85. The predicted molar refractivity (Wildman–Crippen MR) is 82.8 cm³/mol. The first kappa shape index (κ1) is 15.3. The molecule has 0 bridgehead atoms. The first-order chi connectivity index (χ1) is 10.1. The maximum absolute atomic E-state index is 12.0. The molecular formula is C13H23N7O. The fourth-order valence-corrected chi connectivity index (χ4v) is 2.36. The van der Waals surface area contributed by atoms with Crippen molar-refractivity contribution < 1.29 is 4.79 Å². The Labute approximate surface area is 125 Å². The molecule has 8 heteroatoms. The van der Waals surface area contributed by atoms with Crippen LogP contribution in [0, 0.1) is 0 Å². The third-order valence-electron chi connectivity index (χ3n) is 3.41. The molecule has 116 valence electrons. The topological polar surface area (TPSA) is 86.3 Å². The quantitative estimate of drug-likeness (QED) is 0.795. The van der Waals surface area contributed by atoms with E-state index < -0.39 is 0 Å². The van der Waals surface area contributed by atoms with Gasteiger partial charge in [0.25, 0.3) is 0 Å². The fourth-order valence-electron chi connectivity index (χ4n) is 2.36. The van der Waals surface area contributed by atoms with Crippen LogP contribution in [0.4, 0.5) is 17.8 Å². The van der Waals surface area contributed by atoms with Crippen molar-refractivity contribution in [2.45, 2.75) is 25.8 Å². The zero-order chi connectivity index (χ0) is 15.4. The van der Waals surface area contributed by atoms with Crippen molar-refractivity contribution >= 4 is 23.8 Å². The second-order valence-corrected chi connectivity index (χ2v) is 5.15. The van der Waals surface area contributed by atoms with Gasteiger partial charge in [-0.2, -0.15) is 15.0 Å². The molecule has 1 amide bonds. The van der Waals surface area contributed by atoms with Crippen LogP contribution in [-0.2, 0) is 4.79 Å². The highest BCUT2D eigenvalue weighted by Gasteiger charge is 2.32.